The number of carbonyl (C=O) groups excluding carboxylic acids is 1. The minimum atomic E-state index is -0.344. The Kier molecular flexibility index (Phi) is 6.08. The summed E-state index contributed by atoms with van der Waals surface area (Å²) in [7, 11) is 1.55. The van der Waals surface area contributed by atoms with Crippen molar-refractivity contribution in [2.45, 2.75) is 0 Å². The number of anilines is 1. The molecule has 1 aliphatic rings. The van der Waals surface area contributed by atoms with Crippen LogP contribution in [0.5, 0.6) is 5.75 Å². The van der Waals surface area contributed by atoms with Crippen LogP contribution in [0, 0.1) is 17.7 Å². The van der Waals surface area contributed by atoms with E-state index in [-0.39, 0.29) is 11.7 Å². The Morgan fingerprint density at radius 3 is 2.61 bits per heavy atom. The van der Waals surface area contributed by atoms with E-state index in [0.29, 0.717) is 48.6 Å². The fraction of sp³-hybridized carbons (Fsp3) is 0.208. The predicted octanol–water partition coefficient (Wildman–Crippen LogP) is 2.99. The molecule has 6 nitrogen and oxygen atoms in total. The number of benzene rings is 2. The number of carbonyl (C=O) groups is 1. The first kappa shape index (κ1) is 20.4. The summed E-state index contributed by atoms with van der Waals surface area (Å²) in [5, 5.41) is 0. The summed E-state index contributed by atoms with van der Waals surface area (Å²) in [6, 6.07) is 11.3. The molecule has 0 bridgehead atoms. The Balaban J connectivity index is 1.50. The smallest absolute Gasteiger partial charge is 0.254 e. The third kappa shape index (κ3) is 4.81. The SMILES string of the molecule is COc1ccc(C(=O)N2CCN(c3cnccn3)CC2)cc1C#Cc1cccc(F)c1. The molecule has 1 aliphatic heterocycles. The third-order valence-corrected chi connectivity index (χ3v) is 5.05. The van der Waals surface area contributed by atoms with E-state index in [2.05, 4.69) is 26.7 Å². The van der Waals surface area contributed by atoms with E-state index in [1.807, 2.05) is 4.90 Å². The van der Waals surface area contributed by atoms with E-state index >= 15 is 0 Å². The lowest BCUT2D eigenvalue weighted by Crippen LogP contribution is -2.49. The Morgan fingerprint density at radius 1 is 1.06 bits per heavy atom. The van der Waals surface area contributed by atoms with Crippen LogP contribution >= 0.6 is 0 Å². The standard InChI is InChI=1S/C24H21FN4O2/c1-31-22-8-7-20(16-19(22)6-5-18-3-2-4-21(25)15-18)24(30)29-13-11-28(12-14-29)23-17-26-9-10-27-23/h2-4,7-10,15-17H,11-14H2,1H3. The molecule has 0 atom stereocenters. The van der Waals surface area contributed by atoms with Crippen LogP contribution in [-0.2, 0) is 0 Å². The molecule has 1 amide bonds. The van der Waals surface area contributed by atoms with Crippen LogP contribution in [0.3, 0.4) is 0 Å². The van der Waals surface area contributed by atoms with Crippen LogP contribution in [0.25, 0.3) is 0 Å². The van der Waals surface area contributed by atoms with Gasteiger partial charge in [-0.25, -0.2) is 9.37 Å². The predicted molar refractivity (Wildman–Crippen MR) is 116 cm³/mol. The first-order valence-corrected chi connectivity index (χ1v) is 9.90. The van der Waals surface area contributed by atoms with Gasteiger partial charge >= 0.3 is 0 Å². The van der Waals surface area contributed by atoms with E-state index in [4.69, 9.17) is 4.74 Å². The molecular formula is C24H21FN4O2. The molecule has 1 fully saturated rings. The quantitative estimate of drug-likeness (QED) is 0.615. The zero-order chi connectivity index (χ0) is 21.6. The number of methoxy groups -OCH3 is 1. The van der Waals surface area contributed by atoms with E-state index in [0.717, 1.165) is 5.82 Å². The molecule has 31 heavy (non-hydrogen) atoms. The number of hydrogen-bond donors (Lipinski definition) is 0. The van der Waals surface area contributed by atoms with Crippen molar-refractivity contribution in [1.82, 2.24) is 14.9 Å². The van der Waals surface area contributed by atoms with Gasteiger partial charge in [0.05, 0.1) is 18.9 Å². The van der Waals surface area contributed by atoms with Crippen molar-refractivity contribution in [2.75, 3.05) is 38.2 Å². The topological polar surface area (TPSA) is 58.6 Å². The fourth-order valence-corrected chi connectivity index (χ4v) is 3.42. The van der Waals surface area contributed by atoms with Gasteiger partial charge in [0, 0.05) is 49.7 Å². The van der Waals surface area contributed by atoms with Gasteiger partial charge in [0.1, 0.15) is 17.4 Å². The van der Waals surface area contributed by atoms with Crippen molar-refractivity contribution in [1.29, 1.82) is 0 Å². The average molecular weight is 416 g/mol. The molecule has 1 aromatic heterocycles. The number of piperazine rings is 1. The third-order valence-electron chi connectivity index (χ3n) is 5.05. The summed E-state index contributed by atoms with van der Waals surface area (Å²) in [5.41, 5.74) is 1.67. The summed E-state index contributed by atoms with van der Waals surface area (Å²) in [6.45, 7) is 2.55. The van der Waals surface area contributed by atoms with Gasteiger partial charge in [-0.1, -0.05) is 17.9 Å². The van der Waals surface area contributed by atoms with Gasteiger partial charge in [0.15, 0.2) is 0 Å². The summed E-state index contributed by atoms with van der Waals surface area (Å²) in [6.07, 6.45) is 5.03. The normalized spacial score (nSPS) is 13.4. The first-order valence-electron chi connectivity index (χ1n) is 9.90. The van der Waals surface area contributed by atoms with Crippen LogP contribution < -0.4 is 9.64 Å². The lowest BCUT2D eigenvalue weighted by atomic mass is 10.1. The van der Waals surface area contributed by atoms with Crippen LogP contribution in [0.1, 0.15) is 21.5 Å². The molecule has 7 heteroatoms. The minimum Gasteiger partial charge on any atom is -0.495 e. The summed E-state index contributed by atoms with van der Waals surface area (Å²) < 4.78 is 18.8. The summed E-state index contributed by atoms with van der Waals surface area (Å²) >= 11 is 0. The molecule has 2 heterocycles. The molecule has 0 saturated carbocycles. The van der Waals surface area contributed by atoms with Crippen molar-refractivity contribution < 1.29 is 13.9 Å². The van der Waals surface area contributed by atoms with Crippen molar-refractivity contribution in [3.05, 3.63) is 83.6 Å². The second-order valence-corrected chi connectivity index (χ2v) is 7.02. The van der Waals surface area contributed by atoms with Gasteiger partial charge in [-0.05, 0) is 36.4 Å². The second-order valence-electron chi connectivity index (χ2n) is 7.02. The molecule has 2 aromatic carbocycles. The summed E-state index contributed by atoms with van der Waals surface area (Å²) in [4.78, 5) is 25.4. The van der Waals surface area contributed by atoms with E-state index in [1.165, 1.54) is 12.1 Å². The largest absolute Gasteiger partial charge is 0.495 e. The molecule has 0 radical (unpaired) electrons. The maximum absolute atomic E-state index is 13.4. The molecule has 1 saturated heterocycles. The van der Waals surface area contributed by atoms with Crippen molar-refractivity contribution >= 4 is 11.7 Å². The molecule has 156 valence electrons. The van der Waals surface area contributed by atoms with Crippen molar-refractivity contribution in [3.63, 3.8) is 0 Å². The molecule has 0 aliphatic carbocycles. The van der Waals surface area contributed by atoms with E-state index in [1.54, 1.807) is 56.0 Å². The Labute approximate surface area is 180 Å². The van der Waals surface area contributed by atoms with Crippen LogP contribution in [0.15, 0.2) is 61.1 Å². The van der Waals surface area contributed by atoms with Gasteiger partial charge in [-0.15, -0.1) is 0 Å². The Morgan fingerprint density at radius 2 is 1.90 bits per heavy atom. The number of halogens is 1. The second kappa shape index (κ2) is 9.26. The lowest BCUT2D eigenvalue weighted by molar-refractivity contribution is 0.0746. The van der Waals surface area contributed by atoms with Crippen molar-refractivity contribution in [3.8, 4) is 17.6 Å². The zero-order valence-corrected chi connectivity index (χ0v) is 17.1. The average Bonchev–Trinajstić information content (AvgIpc) is 2.83. The maximum Gasteiger partial charge on any atom is 0.254 e. The molecule has 3 aromatic rings. The van der Waals surface area contributed by atoms with Crippen LogP contribution in [0.2, 0.25) is 0 Å². The van der Waals surface area contributed by atoms with Crippen LogP contribution in [0.4, 0.5) is 10.2 Å². The van der Waals surface area contributed by atoms with Gasteiger partial charge in [0.25, 0.3) is 5.91 Å². The Bertz CT molecular complexity index is 1130. The zero-order valence-electron chi connectivity index (χ0n) is 17.1. The Hall–Kier alpha value is -3.92. The highest BCUT2D eigenvalue weighted by molar-refractivity contribution is 5.95. The molecule has 0 N–H and O–H groups in total. The highest BCUT2D eigenvalue weighted by atomic mass is 19.1. The number of amides is 1. The number of aromatic nitrogens is 2. The molecule has 4 rings (SSSR count). The van der Waals surface area contributed by atoms with Gasteiger partial charge in [0.2, 0.25) is 0 Å². The van der Waals surface area contributed by atoms with E-state index < -0.39 is 0 Å². The number of ether oxygens (including phenoxy) is 1. The monoisotopic (exact) mass is 416 g/mol. The maximum atomic E-state index is 13.4. The van der Waals surface area contributed by atoms with E-state index in [9.17, 15) is 9.18 Å². The highest BCUT2D eigenvalue weighted by Gasteiger charge is 2.23. The van der Waals surface area contributed by atoms with Crippen molar-refractivity contribution in [2.24, 2.45) is 0 Å². The van der Waals surface area contributed by atoms with Gasteiger partial charge in [-0.2, -0.15) is 0 Å². The van der Waals surface area contributed by atoms with Gasteiger partial charge < -0.3 is 14.5 Å². The lowest BCUT2D eigenvalue weighted by Gasteiger charge is -2.35. The molecular weight excluding hydrogens is 395 g/mol. The number of hydrogen-bond acceptors (Lipinski definition) is 5. The fourth-order valence-electron chi connectivity index (χ4n) is 3.42. The number of nitrogens with zero attached hydrogens (tertiary/aromatic N) is 4. The minimum absolute atomic E-state index is 0.0599. The summed E-state index contributed by atoms with van der Waals surface area (Å²) in [5.74, 6) is 6.90. The number of rotatable bonds is 3. The molecule has 0 spiro atoms. The van der Waals surface area contributed by atoms with Crippen LogP contribution in [-0.4, -0.2) is 54.1 Å². The highest BCUT2D eigenvalue weighted by Crippen LogP contribution is 2.21. The first-order chi connectivity index (χ1) is 15.1. The van der Waals surface area contributed by atoms with Gasteiger partial charge in [-0.3, -0.25) is 9.78 Å². The molecule has 0 unspecified atom stereocenters.